The van der Waals surface area contributed by atoms with Crippen LogP contribution in [0.4, 0.5) is 0 Å². The average Bonchev–Trinajstić information content (AvgIpc) is 2.91. The molecule has 0 aliphatic heterocycles. The van der Waals surface area contributed by atoms with Crippen LogP contribution in [0.3, 0.4) is 0 Å². The van der Waals surface area contributed by atoms with Crippen molar-refractivity contribution in [1.29, 1.82) is 0 Å². The summed E-state index contributed by atoms with van der Waals surface area (Å²) in [6.45, 7) is 5.32. The Morgan fingerprint density at radius 3 is 1.47 bits per heavy atom. The highest BCUT2D eigenvalue weighted by atomic mass is 16.5. The van der Waals surface area contributed by atoms with Gasteiger partial charge in [-0.1, -0.05) is 147 Å². The second-order valence-electron chi connectivity index (χ2n) is 10.5. The number of unbranched alkanes of at least 4 members (excludes halogenated alkanes) is 17. The summed E-state index contributed by atoms with van der Waals surface area (Å²) < 4.78 is 5.87. The third-order valence-corrected chi connectivity index (χ3v) is 7.18. The van der Waals surface area contributed by atoms with Gasteiger partial charge in [0.2, 0.25) is 0 Å². The first kappa shape index (κ1) is 30.3. The SMILES string of the molecule is CCCCCCCCCCCCCCOc1cnc(-c2ccc(CCCCCCCCC)cc2)nc1. The van der Waals surface area contributed by atoms with Gasteiger partial charge in [-0.15, -0.1) is 0 Å². The summed E-state index contributed by atoms with van der Waals surface area (Å²) in [6, 6.07) is 8.76. The van der Waals surface area contributed by atoms with Gasteiger partial charge >= 0.3 is 0 Å². The van der Waals surface area contributed by atoms with Crippen molar-refractivity contribution in [1.82, 2.24) is 9.97 Å². The number of nitrogens with zero attached hydrogens (tertiary/aromatic N) is 2. The first-order chi connectivity index (χ1) is 17.8. The maximum Gasteiger partial charge on any atom is 0.159 e. The molecule has 1 aromatic heterocycles. The zero-order valence-corrected chi connectivity index (χ0v) is 23.6. The van der Waals surface area contributed by atoms with Crippen molar-refractivity contribution in [2.45, 2.75) is 142 Å². The van der Waals surface area contributed by atoms with Crippen LogP contribution in [0.1, 0.15) is 141 Å². The van der Waals surface area contributed by atoms with E-state index in [-0.39, 0.29) is 0 Å². The van der Waals surface area contributed by atoms with Crippen LogP contribution in [-0.4, -0.2) is 16.6 Å². The molecule has 2 rings (SSSR count). The van der Waals surface area contributed by atoms with Crippen LogP contribution in [-0.2, 0) is 6.42 Å². The van der Waals surface area contributed by atoms with Crippen molar-refractivity contribution in [3.8, 4) is 17.1 Å². The normalized spacial score (nSPS) is 11.2. The van der Waals surface area contributed by atoms with E-state index in [2.05, 4.69) is 48.1 Å². The van der Waals surface area contributed by atoms with Crippen molar-refractivity contribution in [2.75, 3.05) is 6.61 Å². The molecular weight excluding hydrogens is 440 g/mol. The molecule has 0 bridgehead atoms. The Hall–Kier alpha value is -1.90. The molecule has 0 amide bonds. The molecule has 202 valence electrons. The zero-order valence-electron chi connectivity index (χ0n) is 23.6. The summed E-state index contributed by atoms with van der Waals surface area (Å²) in [5, 5.41) is 0. The topological polar surface area (TPSA) is 35.0 Å². The van der Waals surface area contributed by atoms with Crippen LogP contribution in [0.5, 0.6) is 5.75 Å². The maximum absolute atomic E-state index is 5.87. The van der Waals surface area contributed by atoms with Crippen LogP contribution in [0.25, 0.3) is 11.4 Å². The molecule has 1 aromatic carbocycles. The molecule has 0 N–H and O–H groups in total. The number of ether oxygens (including phenoxy) is 1. The van der Waals surface area contributed by atoms with Gasteiger partial charge in [0, 0.05) is 5.56 Å². The fourth-order valence-corrected chi connectivity index (χ4v) is 4.78. The fraction of sp³-hybridized carbons (Fsp3) is 0.697. The van der Waals surface area contributed by atoms with E-state index in [1.54, 1.807) is 0 Å². The lowest BCUT2D eigenvalue weighted by Crippen LogP contribution is -1.99. The number of rotatable bonds is 23. The van der Waals surface area contributed by atoms with Gasteiger partial charge in [0.1, 0.15) is 0 Å². The summed E-state index contributed by atoms with van der Waals surface area (Å²) >= 11 is 0. The van der Waals surface area contributed by atoms with Crippen LogP contribution in [0, 0.1) is 0 Å². The summed E-state index contributed by atoms with van der Waals surface area (Å²) in [4.78, 5) is 9.07. The van der Waals surface area contributed by atoms with Gasteiger partial charge in [0.15, 0.2) is 11.6 Å². The molecule has 0 saturated carbocycles. The molecule has 0 radical (unpaired) electrons. The van der Waals surface area contributed by atoms with Crippen LogP contribution in [0.15, 0.2) is 36.7 Å². The Morgan fingerprint density at radius 1 is 0.528 bits per heavy atom. The quantitative estimate of drug-likeness (QED) is 0.144. The van der Waals surface area contributed by atoms with Crippen molar-refractivity contribution >= 4 is 0 Å². The molecule has 0 atom stereocenters. The molecule has 0 fully saturated rings. The molecule has 3 heteroatoms. The molecular formula is C33H54N2O. The largest absolute Gasteiger partial charge is 0.490 e. The van der Waals surface area contributed by atoms with E-state index in [4.69, 9.17) is 4.74 Å². The molecule has 0 spiro atoms. The van der Waals surface area contributed by atoms with E-state index >= 15 is 0 Å². The predicted molar refractivity (Wildman–Crippen MR) is 156 cm³/mol. The molecule has 0 aliphatic carbocycles. The van der Waals surface area contributed by atoms with E-state index in [9.17, 15) is 0 Å². The first-order valence-electron chi connectivity index (χ1n) is 15.4. The van der Waals surface area contributed by atoms with Gasteiger partial charge in [-0.05, 0) is 24.8 Å². The third-order valence-electron chi connectivity index (χ3n) is 7.18. The molecule has 36 heavy (non-hydrogen) atoms. The van der Waals surface area contributed by atoms with Gasteiger partial charge in [-0.25, -0.2) is 9.97 Å². The van der Waals surface area contributed by atoms with Crippen molar-refractivity contribution in [3.63, 3.8) is 0 Å². The van der Waals surface area contributed by atoms with Crippen LogP contribution < -0.4 is 4.74 Å². The van der Waals surface area contributed by atoms with Crippen molar-refractivity contribution in [2.24, 2.45) is 0 Å². The number of aryl methyl sites for hydroxylation is 1. The lowest BCUT2D eigenvalue weighted by Gasteiger charge is -2.07. The Morgan fingerprint density at radius 2 is 0.972 bits per heavy atom. The molecule has 3 nitrogen and oxygen atoms in total. The smallest absolute Gasteiger partial charge is 0.159 e. The molecule has 1 heterocycles. The maximum atomic E-state index is 5.87. The summed E-state index contributed by atoms with van der Waals surface area (Å²) in [7, 11) is 0. The lowest BCUT2D eigenvalue weighted by atomic mass is 10.0. The predicted octanol–water partition coefficient (Wildman–Crippen LogP) is 10.5. The second kappa shape index (κ2) is 21.2. The van der Waals surface area contributed by atoms with Gasteiger partial charge in [-0.3, -0.25) is 0 Å². The van der Waals surface area contributed by atoms with E-state index < -0.39 is 0 Å². The Balaban J connectivity index is 1.51. The van der Waals surface area contributed by atoms with Crippen LogP contribution >= 0.6 is 0 Å². The molecule has 2 aromatic rings. The minimum absolute atomic E-state index is 0.757. The summed E-state index contributed by atoms with van der Waals surface area (Å²) in [5.41, 5.74) is 2.49. The van der Waals surface area contributed by atoms with E-state index in [1.165, 1.54) is 128 Å². The standard InChI is InChI=1S/C33H54N2O/c1-3-5-7-9-11-12-13-14-15-17-19-21-27-36-32-28-34-33(35-29-32)31-25-23-30(24-26-31)22-20-18-16-10-8-6-4-2/h23-26,28-29H,3-22,27H2,1-2H3. The van der Waals surface area contributed by atoms with Gasteiger partial charge < -0.3 is 4.74 Å². The van der Waals surface area contributed by atoms with Crippen molar-refractivity contribution in [3.05, 3.63) is 42.2 Å². The summed E-state index contributed by atoms with van der Waals surface area (Å²) in [6.07, 6.45) is 30.6. The molecule has 0 unspecified atom stereocenters. The third kappa shape index (κ3) is 14.6. The highest BCUT2D eigenvalue weighted by Gasteiger charge is 2.03. The van der Waals surface area contributed by atoms with Gasteiger partial charge in [0.25, 0.3) is 0 Å². The van der Waals surface area contributed by atoms with Crippen LogP contribution in [0.2, 0.25) is 0 Å². The van der Waals surface area contributed by atoms with E-state index in [0.29, 0.717) is 0 Å². The lowest BCUT2D eigenvalue weighted by molar-refractivity contribution is 0.302. The monoisotopic (exact) mass is 494 g/mol. The van der Waals surface area contributed by atoms with Gasteiger partial charge in [-0.2, -0.15) is 0 Å². The van der Waals surface area contributed by atoms with E-state index in [1.807, 2.05) is 12.4 Å². The Bertz CT molecular complexity index is 741. The minimum Gasteiger partial charge on any atom is -0.490 e. The fourth-order valence-electron chi connectivity index (χ4n) is 4.78. The minimum atomic E-state index is 0.757. The number of hydrogen-bond acceptors (Lipinski definition) is 3. The number of aromatic nitrogens is 2. The van der Waals surface area contributed by atoms with E-state index in [0.717, 1.165) is 30.2 Å². The Labute approximate surface area is 222 Å². The van der Waals surface area contributed by atoms with Crippen molar-refractivity contribution < 1.29 is 4.74 Å². The number of benzene rings is 1. The molecule has 0 aliphatic rings. The van der Waals surface area contributed by atoms with Gasteiger partial charge in [0.05, 0.1) is 19.0 Å². The number of hydrogen-bond donors (Lipinski definition) is 0. The first-order valence-corrected chi connectivity index (χ1v) is 15.4. The summed E-state index contributed by atoms with van der Waals surface area (Å²) in [5.74, 6) is 1.55. The highest BCUT2D eigenvalue weighted by Crippen LogP contribution is 2.19. The second-order valence-corrected chi connectivity index (χ2v) is 10.5. The zero-order chi connectivity index (χ0) is 25.5. The highest BCUT2D eigenvalue weighted by molar-refractivity contribution is 5.55. The molecule has 0 saturated heterocycles. The Kier molecular flexibility index (Phi) is 17.9. The average molecular weight is 495 g/mol.